The molecule has 7 heteroatoms. The molecule has 2 fully saturated rings. The molecule has 0 saturated carbocycles. The lowest BCUT2D eigenvalue weighted by Gasteiger charge is -2.30. The third kappa shape index (κ3) is 6.49. The summed E-state index contributed by atoms with van der Waals surface area (Å²) >= 11 is 0. The second-order valence-corrected chi connectivity index (χ2v) is 7.23. The van der Waals surface area contributed by atoms with Gasteiger partial charge in [0.15, 0.2) is 5.96 Å². The van der Waals surface area contributed by atoms with E-state index in [0.717, 1.165) is 51.9 Å². The second kappa shape index (κ2) is 12.5. The highest BCUT2D eigenvalue weighted by molar-refractivity contribution is 14.0. The topological polar surface area (TPSA) is 52.1 Å². The van der Waals surface area contributed by atoms with Crippen LogP contribution in [-0.2, 0) is 11.3 Å². The van der Waals surface area contributed by atoms with E-state index < -0.39 is 0 Å². The van der Waals surface area contributed by atoms with Gasteiger partial charge in [-0.2, -0.15) is 0 Å². The van der Waals surface area contributed by atoms with E-state index in [-0.39, 0.29) is 24.0 Å². The predicted molar refractivity (Wildman–Crippen MR) is 128 cm³/mol. The van der Waals surface area contributed by atoms with Gasteiger partial charge in [0.2, 0.25) is 0 Å². The fourth-order valence-electron chi connectivity index (χ4n) is 4.02. The average Bonchev–Trinajstić information content (AvgIpc) is 3.18. The number of anilines is 1. The molecule has 0 aromatic heterocycles. The first-order valence-electron chi connectivity index (χ1n) is 10.5. The molecule has 1 unspecified atom stereocenters. The van der Waals surface area contributed by atoms with E-state index in [1.54, 1.807) is 0 Å². The lowest BCUT2D eigenvalue weighted by Crippen LogP contribution is -2.44. The summed E-state index contributed by atoms with van der Waals surface area (Å²) in [5, 5.41) is 6.96. The number of hydrogen-bond acceptors (Lipinski definition) is 4. The third-order valence-electron chi connectivity index (χ3n) is 5.51. The largest absolute Gasteiger partial charge is 0.378 e. The lowest BCUT2D eigenvalue weighted by atomic mass is 10.1. The van der Waals surface area contributed by atoms with E-state index >= 15 is 0 Å². The molecule has 0 bridgehead atoms. The summed E-state index contributed by atoms with van der Waals surface area (Å²) < 4.78 is 5.50. The van der Waals surface area contributed by atoms with Crippen LogP contribution >= 0.6 is 24.0 Å². The quantitative estimate of drug-likeness (QED) is 0.342. The predicted octanol–water partition coefficient (Wildman–Crippen LogP) is 2.68. The summed E-state index contributed by atoms with van der Waals surface area (Å²) in [5.41, 5.74) is 2.56. The number of nitrogens with one attached hydrogen (secondary N) is 2. The Morgan fingerprint density at radius 3 is 2.68 bits per heavy atom. The number of morpholine rings is 1. The molecule has 3 rings (SSSR count). The van der Waals surface area contributed by atoms with Crippen molar-refractivity contribution in [1.29, 1.82) is 0 Å². The molecule has 0 amide bonds. The SMILES string of the molecule is CCNC(=NCc1ccccc1N1CCOCC1)NCC1CCCN1CC.I. The highest BCUT2D eigenvalue weighted by Crippen LogP contribution is 2.22. The van der Waals surface area contributed by atoms with Gasteiger partial charge in [-0.05, 0) is 44.5 Å². The van der Waals surface area contributed by atoms with Gasteiger partial charge < -0.3 is 20.3 Å². The van der Waals surface area contributed by atoms with Crippen LogP contribution in [0.15, 0.2) is 29.3 Å². The minimum Gasteiger partial charge on any atom is -0.378 e. The fourth-order valence-corrected chi connectivity index (χ4v) is 4.02. The van der Waals surface area contributed by atoms with Crippen LogP contribution in [0.1, 0.15) is 32.3 Å². The zero-order chi connectivity index (χ0) is 18.9. The molecule has 28 heavy (non-hydrogen) atoms. The lowest BCUT2D eigenvalue weighted by molar-refractivity contribution is 0.122. The number of guanidine groups is 1. The standard InChI is InChI=1S/C21H35N5O.HI/c1-3-22-21(24-17-19-9-7-11-25(19)4-2)23-16-18-8-5-6-10-20(18)26-12-14-27-15-13-26;/h5-6,8,10,19H,3-4,7,9,11-17H2,1-2H3,(H2,22,23,24);1H. The molecule has 1 aromatic carbocycles. The van der Waals surface area contributed by atoms with Crippen molar-refractivity contribution in [2.24, 2.45) is 4.99 Å². The molecule has 2 heterocycles. The molecule has 0 aliphatic carbocycles. The van der Waals surface area contributed by atoms with Crippen LogP contribution in [-0.4, -0.2) is 69.4 Å². The number of benzene rings is 1. The zero-order valence-electron chi connectivity index (χ0n) is 17.3. The smallest absolute Gasteiger partial charge is 0.191 e. The Hall–Kier alpha value is -1.06. The summed E-state index contributed by atoms with van der Waals surface area (Å²) in [5.74, 6) is 0.914. The Kier molecular flexibility index (Phi) is 10.4. The highest BCUT2D eigenvalue weighted by Gasteiger charge is 2.22. The molecule has 2 saturated heterocycles. The van der Waals surface area contributed by atoms with Gasteiger partial charge in [0.25, 0.3) is 0 Å². The van der Waals surface area contributed by atoms with Crippen molar-refractivity contribution in [1.82, 2.24) is 15.5 Å². The molecule has 2 N–H and O–H groups in total. The molecule has 1 atom stereocenters. The first kappa shape index (κ1) is 23.2. The van der Waals surface area contributed by atoms with E-state index in [1.165, 1.54) is 30.6 Å². The molecule has 6 nitrogen and oxygen atoms in total. The average molecular weight is 501 g/mol. The summed E-state index contributed by atoms with van der Waals surface area (Å²) in [6.07, 6.45) is 2.58. The zero-order valence-corrected chi connectivity index (χ0v) is 19.7. The van der Waals surface area contributed by atoms with Gasteiger partial charge in [-0.15, -0.1) is 24.0 Å². The van der Waals surface area contributed by atoms with Crippen LogP contribution in [0.25, 0.3) is 0 Å². The number of nitrogens with zero attached hydrogens (tertiary/aromatic N) is 3. The van der Waals surface area contributed by atoms with Crippen molar-refractivity contribution in [2.75, 3.05) is 57.4 Å². The van der Waals surface area contributed by atoms with Crippen molar-refractivity contribution in [3.63, 3.8) is 0 Å². The van der Waals surface area contributed by atoms with Crippen molar-refractivity contribution in [3.8, 4) is 0 Å². The van der Waals surface area contributed by atoms with Gasteiger partial charge >= 0.3 is 0 Å². The first-order chi connectivity index (χ1) is 13.3. The molecule has 0 spiro atoms. The van der Waals surface area contributed by atoms with E-state index in [0.29, 0.717) is 12.6 Å². The monoisotopic (exact) mass is 501 g/mol. The molecular formula is C21H36IN5O. The van der Waals surface area contributed by atoms with Gasteiger partial charge in [-0.1, -0.05) is 25.1 Å². The third-order valence-corrected chi connectivity index (χ3v) is 5.51. The maximum atomic E-state index is 5.50. The molecule has 1 aromatic rings. The van der Waals surface area contributed by atoms with Crippen LogP contribution in [0.5, 0.6) is 0 Å². The maximum Gasteiger partial charge on any atom is 0.191 e. The molecule has 2 aliphatic heterocycles. The summed E-state index contributed by atoms with van der Waals surface area (Å²) in [7, 11) is 0. The van der Waals surface area contributed by atoms with Crippen LogP contribution in [0.4, 0.5) is 5.69 Å². The van der Waals surface area contributed by atoms with Crippen LogP contribution < -0.4 is 15.5 Å². The van der Waals surface area contributed by atoms with E-state index in [1.807, 2.05) is 0 Å². The summed E-state index contributed by atoms with van der Waals surface area (Å²) in [4.78, 5) is 9.84. The number of ether oxygens (including phenoxy) is 1. The Morgan fingerprint density at radius 2 is 1.93 bits per heavy atom. The van der Waals surface area contributed by atoms with Gasteiger partial charge in [0.1, 0.15) is 0 Å². The van der Waals surface area contributed by atoms with E-state index in [9.17, 15) is 0 Å². The number of likely N-dealkylation sites (tertiary alicyclic amines) is 1. The number of para-hydroxylation sites is 1. The Morgan fingerprint density at radius 1 is 1.14 bits per heavy atom. The van der Waals surface area contributed by atoms with E-state index in [4.69, 9.17) is 9.73 Å². The normalized spacial score (nSPS) is 20.7. The van der Waals surface area contributed by atoms with Gasteiger partial charge in [-0.25, -0.2) is 4.99 Å². The first-order valence-corrected chi connectivity index (χ1v) is 10.5. The van der Waals surface area contributed by atoms with Crippen LogP contribution in [0.3, 0.4) is 0 Å². The number of halogens is 1. The fraction of sp³-hybridized carbons (Fsp3) is 0.667. The van der Waals surface area contributed by atoms with Gasteiger partial charge in [0.05, 0.1) is 19.8 Å². The van der Waals surface area contributed by atoms with Crippen molar-refractivity contribution in [2.45, 2.75) is 39.3 Å². The van der Waals surface area contributed by atoms with Crippen molar-refractivity contribution >= 4 is 35.6 Å². The van der Waals surface area contributed by atoms with Gasteiger partial charge in [0, 0.05) is 37.9 Å². The molecule has 2 aliphatic rings. The Labute approximate surface area is 187 Å². The molecule has 0 radical (unpaired) electrons. The molecular weight excluding hydrogens is 465 g/mol. The number of likely N-dealkylation sites (N-methyl/N-ethyl adjacent to an activating group) is 1. The number of rotatable bonds is 7. The minimum absolute atomic E-state index is 0. The number of hydrogen-bond donors (Lipinski definition) is 2. The second-order valence-electron chi connectivity index (χ2n) is 7.23. The Balaban J connectivity index is 0.00000280. The van der Waals surface area contributed by atoms with Crippen molar-refractivity contribution < 1.29 is 4.74 Å². The summed E-state index contributed by atoms with van der Waals surface area (Å²) in [6, 6.07) is 9.23. The Bertz CT molecular complexity index is 606. The van der Waals surface area contributed by atoms with Gasteiger partial charge in [-0.3, -0.25) is 4.90 Å². The van der Waals surface area contributed by atoms with Crippen LogP contribution in [0.2, 0.25) is 0 Å². The maximum absolute atomic E-state index is 5.50. The highest BCUT2D eigenvalue weighted by atomic mass is 127. The van der Waals surface area contributed by atoms with Crippen LogP contribution in [0, 0.1) is 0 Å². The van der Waals surface area contributed by atoms with E-state index in [2.05, 4.69) is 58.5 Å². The minimum atomic E-state index is 0. The van der Waals surface area contributed by atoms with Crippen molar-refractivity contribution in [3.05, 3.63) is 29.8 Å². The summed E-state index contributed by atoms with van der Waals surface area (Å²) in [6.45, 7) is 12.8. The molecule has 158 valence electrons. The number of aliphatic imine (C=N–C) groups is 1.